The van der Waals surface area contributed by atoms with Gasteiger partial charge in [0, 0.05) is 6.20 Å². The van der Waals surface area contributed by atoms with E-state index in [0.29, 0.717) is 0 Å². The van der Waals surface area contributed by atoms with Gasteiger partial charge in [-0.05, 0) is 28.1 Å². The smallest absolute Gasteiger partial charge is 0.281 e. The van der Waals surface area contributed by atoms with Gasteiger partial charge in [-0.2, -0.15) is 8.42 Å². The molecule has 11 heavy (non-hydrogen) atoms. The summed E-state index contributed by atoms with van der Waals surface area (Å²) in [5, 5.41) is -0.361. The van der Waals surface area contributed by atoms with Crippen molar-refractivity contribution in [1.82, 2.24) is 4.98 Å². The molecule has 1 heterocycles. The summed E-state index contributed by atoms with van der Waals surface area (Å²) in [5.74, 6) is 0. The van der Waals surface area contributed by atoms with Crippen LogP contribution in [0, 0.1) is 0 Å². The first-order valence-corrected chi connectivity index (χ1v) is 4.83. The van der Waals surface area contributed by atoms with Gasteiger partial charge in [0.2, 0.25) is 0 Å². The average molecular weight is 238 g/mol. The zero-order chi connectivity index (χ0) is 8.48. The van der Waals surface area contributed by atoms with E-state index in [2.05, 4.69) is 20.9 Å². The van der Waals surface area contributed by atoms with E-state index in [-0.39, 0.29) is 9.50 Å². The van der Waals surface area contributed by atoms with Gasteiger partial charge >= 0.3 is 10.1 Å². The third-order valence-corrected chi connectivity index (χ3v) is 2.69. The molecule has 0 aliphatic carbocycles. The fourth-order valence-electron chi connectivity index (χ4n) is 0.561. The van der Waals surface area contributed by atoms with Gasteiger partial charge in [0.05, 0.1) is 4.47 Å². The molecule has 0 atom stereocenters. The minimum Gasteiger partial charge on any atom is -0.281 e. The van der Waals surface area contributed by atoms with E-state index in [4.69, 9.17) is 4.55 Å². The maximum atomic E-state index is 10.5. The Hall–Kier alpha value is -0.460. The number of hydrogen-bond acceptors (Lipinski definition) is 3. The van der Waals surface area contributed by atoms with E-state index >= 15 is 0 Å². The first-order chi connectivity index (χ1) is 5.02. The normalized spacial score (nSPS) is 11.5. The Morgan fingerprint density at radius 3 is 2.55 bits per heavy atom. The van der Waals surface area contributed by atoms with Crippen LogP contribution in [0.1, 0.15) is 0 Å². The molecule has 0 unspecified atom stereocenters. The molecule has 6 heteroatoms. The van der Waals surface area contributed by atoms with E-state index in [0.717, 1.165) is 0 Å². The van der Waals surface area contributed by atoms with Gasteiger partial charge in [-0.1, -0.05) is 0 Å². The van der Waals surface area contributed by atoms with Crippen LogP contribution in [-0.2, 0) is 10.1 Å². The van der Waals surface area contributed by atoms with Crippen LogP contribution in [0.25, 0.3) is 0 Å². The van der Waals surface area contributed by atoms with E-state index in [9.17, 15) is 8.42 Å². The fourth-order valence-corrected chi connectivity index (χ4v) is 1.94. The first-order valence-electron chi connectivity index (χ1n) is 2.60. The van der Waals surface area contributed by atoms with Gasteiger partial charge < -0.3 is 0 Å². The molecule has 0 amide bonds. The summed E-state index contributed by atoms with van der Waals surface area (Å²) in [4.78, 5) is 3.46. The van der Waals surface area contributed by atoms with Gasteiger partial charge in [-0.25, -0.2) is 4.98 Å². The minimum absolute atomic E-state index is 0.252. The van der Waals surface area contributed by atoms with E-state index < -0.39 is 10.1 Å². The van der Waals surface area contributed by atoms with Crippen LogP contribution < -0.4 is 0 Å². The summed E-state index contributed by atoms with van der Waals surface area (Å²) >= 11 is 2.93. The predicted octanol–water partition coefficient (Wildman–Crippen LogP) is 1.09. The van der Waals surface area contributed by atoms with Crippen molar-refractivity contribution in [2.75, 3.05) is 0 Å². The van der Waals surface area contributed by atoms with Crippen molar-refractivity contribution >= 4 is 26.0 Å². The van der Waals surface area contributed by atoms with Crippen LogP contribution in [0.2, 0.25) is 0 Å². The lowest BCUT2D eigenvalue weighted by Gasteiger charge is -1.96. The Labute approximate surface area is 72.1 Å². The van der Waals surface area contributed by atoms with Crippen molar-refractivity contribution in [3.63, 3.8) is 0 Å². The molecule has 0 spiro atoms. The summed E-state index contributed by atoms with van der Waals surface area (Å²) < 4.78 is 29.8. The Morgan fingerprint density at radius 2 is 2.18 bits per heavy atom. The van der Waals surface area contributed by atoms with Crippen molar-refractivity contribution in [2.24, 2.45) is 0 Å². The van der Waals surface area contributed by atoms with Gasteiger partial charge in [0.15, 0.2) is 5.03 Å². The van der Waals surface area contributed by atoms with Crippen LogP contribution in [0.4, 0.5) is 0 Å². The Balaban J connectivity index is 3.37. The highest BCUT2D eigenvalue weighted by atomic mass is 79.9. The Kier molecular flexibility index (Phi) is 2.26. The van der Waals surface area contributed by atoms with E-state index in [1.54, 1.807) is 6.07 Å². The minimum atomic E-state index is -4.19. The first kappa shape index (κ1) is 8.63. The summed E-state index contributed by atoms with van der Waals surface area (Å²) in [6, 6.07) is 3.04. The molecule has 1 N–H and O–H groups in total. The van der Waals surface area contributed by atoms with Crippen LogP contribution in [0.15, 0.2) is 27.8 Å². The van der Waals surface area contributed by atoms with E-state index in [1.807, 2.05) is 0 Å². The third-order valence-electron chi connectivity index (χ3n) is 0.969. The molecule has 0 bridgehead atoms. The standard InChI is InChI=1S/C5H4BrNO3S/c6-4-2-1-3-7-5(4)11(8,9)10/h1-3H,(H,8,9,10). The zero-order valence-electron chi connectivity index (χ0n) is 5.23. The van der Waals surface area contributed by atoms with Crippen molar-refractivity contribution < 1.29 is 13.0 Å². The molecule has 0 aliphatic heterocycles. The number of hydrogen-bond donors (Lipinski definition) is 1. The summed E-state index contributed by atoms with van der Waals surface area (Å²) in [6.07, 6.45) is 1.29. The molecule has 0 saturated heterocycles. The second-order valence-electron chi connectivity index (χ2n) is 1.77. The zero-order valence-corrected chi connectivity index (χ0v) is 7.63. The molecule has 0 fully saturated rings. The van der Waals surface area contributed by atoms with Gasteiger partial charge in [0.25, 0.3) is 0 Å². The monoisotopic (exact) mass is 237 g/mol. The van der Waals surface area contributed by atoms with E-state index in [1.165, 1.54) is 12.3 Å². The quantitative estimate of drug-likeness (QED) is 0.743. The van der Waals surface area contributed by atoms with Crippen LogP contribution in [0.3, 0.4) is 0 Å². The highest BCUT2D eigenvalue weighted by molar-refractivity contribution is 9.10. The number of halogens is 1. The molecular weight excluding hydrogens is 234 g/mol. The fraction of sp³-hybridized carbons (Fsp3) is 0. The molecule has 1 rings (SSSR count). The van der Waals surface area contributed by atoms with Crippen molar-refractivity contribution in [2.45, 2.75) is 5.03 Å². The number of aromatic nitrogens is 1. The van der Waals surface area contributed by atoms with Crippen molar-refractivity contribution in [1.29, 1.82) is 0 Å². The third kappa shape index (κ3) is 1.98. The summed E-state index contributed by atoms with van der Waals surface area (Å²) in [5.41, 5.74) is 0. The second-order valence-corrected chi connectivity index (χ2v) is 3.96. The maximum absolute atomic E-state index is 10.5. The largest absolute Gasteiger partial charge is 0.313 e. The number of nitrogens with zero attached hydrogens (tertiary/aromatic N) is 1. The van der Waals surface area contributed by atoms with Crippen LogP contribution in [0.5, 0.6) is 0 Å². The predicted molar refractivity (Wildman–Crippen MR) is 41.8 cm³/mol. The molecule has 0 radical (unpaired) electrons. The van der Waals surface area contributed by atoms with Crippen LogP contribution >= 0.6 is 15.9 Å². The van der Waals surface area contributed by atoms with Gasteiger partial charge in [-0.15, -0.1) is 0 Å². The summed E-state index contributed by atoms with van der Waals surface area (Å²) in [7, 11) is -4.19. The van der Waals surface area contributed by atoms with Gasteiger partial charge in [-0.3, -0.25) is 4.55 Å². The molecule has 1 aromatic heterocycles. The van der Waals surface area contributed by atoms with Crippen molar-refractivity contribution in [3.8, 4) is 0 Å². The lowest BCUT2D eigenvalue weighted by molar-refractivity contribution is 0.478. The second kappa shape index (κ2) is 2.88. The molecule has 0 saturated carbocycles. The molecule has 4 nitrogen and oxygen atoms in total. The molecular formula is C5H4BrNO3S. The summed E-state index contributed by atoms with van der Waals surface area (Å²) in [6.45, 7) is 0. The lowest BCUT2D eigenvalue weighted by atomic mass is 10.5. The topological polar surface area (TPSA) is 67.3 Å². The Bertz CT molecular complexity index is 362. The van der Waals surface area contributed by atoms with Crippen molar-refractivity contribution in [3.05, 3.63) is 22.8 Å². The SMILES string of the molecule is O=S(=O)(O)c1ncccc1Br. The number of pyridine rings is 1. The number of rotatable bonds is 1. The van der Waals surface area contributed by atoms with Gasteiger partial charge in [0.1, 0.15) is 0 Å². The van der Waals surface area contributed by atoms with Crippen LogP contribution in [-0.4, -0.2) is 18.0 Å². The highest BCUT2D eigenvalue weighted by Crippen LogP contribution is 2.17. The average Bonchev–Trinajstić information content (AvgIpc) is 1.86. The lowest BCUT2D eigenvalue weighted by Crippen LogP contribution is -2.01. The maximum Gasteiger partial charge on any atom is 0.313 e. The molecule has 1 aromatic rings. The molecule has 0 aromatic carbocycles. The molecule has 60 valence electrons. The highest BCUT2D eigenvalue weighted by Gasteiger charge is 2.14. The molecule has 0 aliphatic rings. The Morgan fingerprint density at radius 1 is 1.55 bits per heavy atom.